The molecular weight excluding hydrogens is 184 g/mol. The molecule has 6 nitrogen and oxygen atoms in total. The smallest absolute Gasteiger partial charge is 0.229 e. The van der Waals surface area contributed by atoms with Gasteiger partial charge >= 0.3 is 0 Å². The highest BCUT2D eigenvalue weighted by Gasteiger charge is 2.32. The molecule has 1 fully saturated rings. The van der Waals surface area contributed by atoms with Crippen molar-refractivity contribution in [2.45, 2.75) is 19.4 Å². The summed E-state index contributed by atoms with van der Waals surface area (Å²) in [5.41, 5.74) is 6.94. The number of anilines is 2. The third-order valence-corrected chi connectivity index (χ3v) is 2.32. The van der Waals surface area contributed by atoms with E-state index in [4.69, 9.17) is 5.73 Å². The summed E-state index contributed by atoms with van der Waals surface area (Å²) in [4.78, 5) is 12.9. The molecule has 6 heteroatoms. The summed E-state index contributed by atoms with van der Waals surface area (Å²) >= 11 is 0. The molecule has 1 unspecified atom stereocenters. The van der Waals surface area contributed by atoms with E-state index in [0.29, 0.717) is 18.1 Å². The van der Waals surface area contributed by atoms with Gasteiger partial charge in [0.2, 0.25) is 5.91 Å². The van der Waals surface area contributed by atoms with Gasteiger partial charge in [0.15, 0.2) is 5.82 Å². The normalized spacial score (nSPS) is 22.0. The number of nitrogens with two attached hydrogens (primary N) is 1. The van der Waals surface area contributed by atoms with Crippen LogP contribution in [0.25, 0.3) is 0 Å². The molecule has 2 heterocycles. The molecule has 76 valence electrons. The van der Waals surface area contributed by atoms with Crippen LogP contribution in [0, 0.1) is 6.92 Å². The minimum Gasteiger partial charge on any atom is -0.391 e. The summed E-state index contributed by atoms with van der Waals surface area (Å²) in [6.07, 6.45) is -0.444. The van der Waals surface area contributed by atoms with Gasteiger partial charge in [-0.15, -0.1) is 0 Å². The Bertz CT molecular complexity index is 354. The maximum absolute atomic E-state index is 11.5. The highest BCUT2D eigenvalue weighted by Crippen LogP contribution is 2.28. The van der Waals surface area contributed by atoms with E-state index in [1.165, 1.54) is 4.90 Å². The minimum atomic E-state index is -0.601. The predicted octanol–water partition coefficient (Wildman–Crippen LogP) is -0.602. The van der Waals surface area contributed by atoms with Crippen LogP contribution in [0.3, 0.4) is 0 Å². The quantitative estimate of drug-likeness (QED) is 0.558. The number of aromatic amines is 1. The monoisotopic (exact) mass is 196 g/mol. The fraction of sp³-hybridized carbons (Fsp3) is 0.500. The first-order chi connectivity index (χ1) is 6.59. The average Bonchev–Trinajstić information content (AvgIpc) is 2.57. The summed E-state index contributed by atoms with van der Waals surface area (Å²) in [5, 5.41) is 15.8. The van der Waals surface area contributed by atoms with E-state index >= 15 is 0 Å². The van der Waals surface area contributed by atoms with Gasteiger partial charge in [-0.05, 0) is 6.92 Å². The SMILES string of the molecule is Cc1[nH]nc(N)c1N1CC(O)CC1=O. The van der Waals surface area contributed by atoms with Crippen LogP contribution < -0.4 is 10.6 Å². The van der Waals surface area contributed by atoms with Gasteiger partial charge in [-0.3, -0.25) is 9.89 Å². The van der Waals surface area contributed by atoms with E-state index in [9.17, 15) is 9.90 Å². The molecule has 2 rings (SSSR count). The highest BCUT2D eigenvalue weighted by atomic mass is 16.3. The maximum atomic E-state index is 11.5. The maximum Gasteiger partial charge on any atom is 0.229 e. The van der Waals surface area contributed by atoms with Gasteiger partial charge in [0.1, 0.15) is 5.69 Å². The Morgan fingerprint density at radius 1 is 1.71 bits per heavy atom. The molecule has 0 aromatic carbocycles. The number of aliphatic hydroxyl groups excluding tert-OH is 1. The number of hydrogen-bond donors (Lipinski definition) is 3. The van der Waals surface area contributed by atoms with Crippen molar-refractivity contribution in [3.63, 3.8) is 0 Å². The van der Waals surface area contributed by atoms with Gasteiger partial charge in [-0.2, -0.15) is 5.10 Å². The summed E-state index contributed by atoms with van der Waals surface area (Å²) < 4.78 is 0. The van der Waals surface area contributed by atoms with Crippen LogP contribution in [0.1, 0.15) is 12.1 Å². The van der Waals surface area contributed by atoms with Crippen molar-refractivity contribution >= 4 is 17.4 Å². The van der Waals surface area contributed by atoms with Crippen molar-refractivity contribution in [3.8, 4) is 0 Å². The van der Waals surface area contributed by atoms with Crippen molar-refractivity contribution in [1.82, 2.24) is 10.2 Å². The Hall–Kier alpha value is -1.56. The number of nitrogen functional groups attached to an aromatic ring is 1. The summed E-state index contributed by atoms with van der Waals surface area (Å²) in [5.74, 6) is 0.179. The van der Waals surface area contributed by atoms with Crippen LogP contribution in [0.4, 0.5) is 11.5 Å². The van der Waals surface area contributed by atoms with E-state index in [1.807, 2.05) is 0 Å². The summed E-state index contributed by atoms with van der Waals surface area (Å²) in [6, 6.07) is 0. The lowest BCUT2D eigenvalue weighted by molar-refractivity contribution is -0.117. The molecule has 0 saturated carbocycles. The van der Waals surface area contributed by atoms with E-state index in [0.717, 1.165) is 5.69 Å². The highest BCUT2D eigenvalue weighted by molar-refractivity contribution is 5.98. The number of carbonyl (C=O) groups excluding carboxylic acids is 1. The van der Waals surface area contributed by atoms with Crippen molar-refractivity contribution in [2.75, 3.05) is 17.2 Å². The lowest BCUT2D eigenvalue weighted by Crippen LogP contribution is -2.26. The fourth-order valence-electron chi connectivity index (χ4n) is 1.69. The predicted molar refractivity (Wildman–Crippen MR) is 50.7 cm³/mol. The molecule has 1 aromatic rings. The topological polar surface area (TPSA) is 95.2 Å². The van der Waals surface area contributed by atoms with E-state index < -0.39 is 6.10 Å². The van der Waals surface area contributed by atoms with Gasteiger partial charge < -0.3 is 15.7 Å². The fourth-order valence-corrected chi connectivity index (χ4v) is 1.69. The largest absolute Gasteiger partial charge is 0.391 e. The lowest BCUT2D eigenvalue weighted by atomic mass is 10.3. The number of aliphatic hydroxyl groups is 1. The molecule has 1 aromatic heterocycles. The van der Waals surface area contributed by atoms with Gasteiger partial charge in [0, 0.05) is 0 Å². The first-order valence-electron chi connectivity index (χ1n) is 4.38. The molecule has 0 spiro atoms. The van der Waals surface area contributed by atoms with Crippen LogP contribution in [-0.2, 0) is 4.79 Å². The first kappa shape index (κ1) is 9.01. The second kappa shape index (κ2) is 2.98. The van der Waals surface area contributed by atoms with Crippen LogP contribution >= 0.6 is 0 Å². The second-order valence-corrected chi connectivity index (χ2v) is 3.44. The molecule has 0 aliphatic carbocycles. The van der Waals surface area contributed by atoms with E-state index in [2.05, 4.69) is 10.2 Å². The lowest BCUT2D eigenvalue weighted by Gasteiger charge is -2.15. The number of β-amino-alcohol motifs (C(OH)–C–C–N with tert-alkyl or cyclic N) is 1. The van der Waals surface area contributed by atoms with Crippen LogP contribution in [0.15, 0.2) is 0 Å². The molecule has 1 atom stereocenters. The Kier molecular flexibility index (Phi) is 1.92. The zero-order valence-electron chi connectivity index (χ0n) is 7.82. The molecule has 1 aliphatic rings. The average molecular weight is 196 g/mol. The number of rotatable bonds is 1. The van der Waals surface area contributed by atoms with Crippen LogP contribution in [0.2, 0.25) is 0 Å². The van der Waals surface area contributed by atoms with Crippen LogP contribution in [0.5, 0.6) is 0 Å². The van der Waals surface area contributed by atoms with E-state index in [1.54, 1.807) is 6.92 Å². The molecule has 14 heavy (non-hydrogen) atoms. The number of hydrogen-bond acceptors (Lipinski definition) is 4. The van der Waals surface area contributed by atoms with Gasteiger partial charge in [-0.25, -0.2) is 0 Å². The van der Waals surface area contributed by atoms with Crippen molar-refractivity contribution in [2.24, 2.45) is 0 Å². The number of nitrogens with one attached hydrogen (secondary N) is 1. The Morgan fingerprint density at radius 2 is 2.43 bits per heavy atom. The van der Waals surface area contributed by atoms with Crippen molar-refractivity contribution in [3.05, 3.63) is 5.69 Å². The standard InChI is InChI=1S/C8H12N4O2/c1-4-7(8(9)11-10-4)12-3-5(13)2-6(12)14/h5,13H,2-3H2,1H3,(H3,9,10,11). The van der Waals surface area contributed by atoms with Gasteiger partial charge in [0.25, 0.3) is 0 Å². The number of amides is 1. The zero-order valence-corrected chi connectivity index (χ0v) is 7.82. The molecule has 1 aliphatic heterocycles. The number of nitrogens with zero attached hydrogens (tertiary/aromatic N) is 2. The summed E-state index contributed by atoms with van der Waals surface area (Å²) in [7, 11) is 0. The molecule has 0 radical (unpaired) electrons. The zero-order chi connectivity index (χ0) is 10.3. The van der Waals surface area contributed by atoms with E-state index in [-0.39, 0.29) is 12.3 Å². The summed E-state index contributed by atoms with van der Waals surface area (Å²) in [6.45, 7) is 2.08. The third kappa shape index (κ3) is 1.24. The number of aromatic nitrogens is 2. The number of H-pyrrole nitrogens is 1. The van der Waals surface area contributed by atoms with Crippen LogP contribution in [-0.4, -0.2) is 33.9 Å². The number of carbonyl (C=O) groups is 1. The first-order valence-corrected chi connectivity index (χ1v) is 4.38. The molecule has 0 bridgehead atoms. The molecule has 4 N–H and O–H groups in total. The van der Waals surface area contributed by atoms with Gasteiger partial charge in [-0.1, -0.05) is 0 Å². The Morgan fingerprint density at radius 3 is 2.86 bits per heavy atom. The second-order valence-electron chi connectivity index (χ2n) is 3.44. The third-order valence-electron chi connectivity index (χ3n) is 2.32. The Balaban J connectivity index is 2.36. The molecule has 1 amide bonds. The van der Waals surface area contributed by atoms with Crippen molar-refractivity contribution in [1.29, 1.82) is 0 Å². The molecule has 1 saturated heterocycles. The number of aryl methyl sites for hydroxylation is 1. The minimum absolute atomic E-state index is 0.117. The molecular formula is C8H12N4O2. The van der Waals surface area contributed by atoms with Gasteiger partial charge in [0.05, 0.1) is 24.8 Å². The Labute approximate surface area is 80.7 Å². The van der Waals surface area contributed by atoms with Crippen molar-refractivity contribution < 1.29 is 9.90 Å².